The monoisotopic (exact) mass is 481 g/mol. The van der Waals surface area contributed by atoms with Crippen LogP contribution in [0.15, 0.2) is 80.7 Å². The fraction of sp³-hybridized carbons (Fsp3) is 0.393. The van der Waals surface area contributed by atoms with Gasteiger partial charge in [-0.3, -0.25) is 9.59 Å². The third-order valence-corrected chi connectivity index (χ3v) is 6.89. The number of ketones is 2. The Morgan fingerprint density at radius 3 is 2.53 bits per heavy atom. The second-order valence-corrected chi connectivity index (χ2v) is 9.70. The van der Waals surface area contributed by atoms with Gasteiger partial charge in [0, 0.05) is 35.2 Å². The lowest BCUT2D eigenvalue weighted by Gasteiger charge is -2.36. The van der Waals surface area contributed by atoms with Crippen LogP contribution in [0.2, 0.25) is 0 Å². The normalized spacial score (nSPS) is 23.5. The quantitative estimate of drug-likeness (QED) is 0.197. The van der Waals surface area contributed by atoms with Crippen LogP contribution in [-0.4, -0.2) is 34.6 Å². The molecule has 2 aliphatic heterocycles. The van der Waals surface area contributed by atoms with E-state index in [2.05, 4.69) is 26.0 Å². The first-order valence-electron chi connectivity index (χ1n) is 11.6. The highest BCUT2D eigenvalue weighted by molar-refractivity contribution is 6.46. The predicted octanol–water partition coefficient (Wildman–Crippen LogP) is 5.86. The SMILES string of the molecule is C/C=C(\C)C(=O)C1=C2C3=CN(CC=C(C)C)C(/C=C/[C@@H](C)CC)=CC3=C(Cl)C(=O)[C@@]2(C)OC1=O. The zero-order valence-electron chi connectivity index (χ0n) is 20.9. The van der Waals surface area contributed by atoms with Gasteiger partial charge in [0.2, 0.25) is 5.78 Å². The standard InChI is InChI=1S/C28H32ClNO4/c1-8-17(5)10-11-19-14-20-21(15-30(19)13-12-16(3)4)23-22(25(31)18(6)9-2)27(33)34-28(23,7)26(32)24(20)29/h9-12,14-15,17H,8,13H2,1-7H3/b11-10+,18-9+/t17-,28-/m0/s1. The van der Waals surface area contributed by atoms with E-state index >= 15 is 0 Å². The van der Waals surface area contributed by atoms with E-state index < -0.39 is 23.1 Å². The number of Topliss-reactive ketones (excluding diaryl/α,β-unsaturated/α-hetero) is 2. The number of esters is 1. The molecule has 2 atom stereocenters. The summed E-state index contributed by atoms with van der Waals surface area (Å²) in [6, 6.07) is 0. The fourth-order valence-electron chi connectivity index (χ4n) is 4.02. The number of fused-ring (bicyclic) bond motifs is 3. The maximum Gasteiger partial charge on any atom is 0.343 e. The summed E-state index contributed by atoms with van der Waals surface area (Å²) < 4.78 is 5.53. The molecule has 34 heavy (non-hydrogen) atoms. The first-order chi connectivity index (χ1) is 16.0. The molecule has 6 heteroatoms. The first kappa shape index (κ1) is 25.7. The predicted molar refractivity (Wildman–Crippen MR) is 135 cm³/mol. The summed E-state index contributed by atoms with van der Waals surface area (Å²) >= 11 is 6.57. The van der Waals surface area contributed by atoms with Gasteiger partial charge in [-0.05, 0) is 58.3 Å². The largest absolute Gasteiger partial charge is 0.442 e. The van der Waals surface area contributed by atoms with Crippen molar-refractivity contribution in [3.05, 3.63) is 80.7 Å². The van der Waals surface area contributed by atoms with Crippen molar-refractivity contribution in [3.8, 4) is 0 Å². The number of carbonyl (C=O) groups is 3. The van der Waals surface area contributed by atoms with E-state index in [9.17, 15) is 14.4 Å². The van der Waals surface area contributed by atoms with E-state index in [1.807, 2.05) is 37.1 Å². The van der Waals surface area contributed by atoms with Crippen LogP contribution in [0.25, 0.3) is 0 Å². The van der Waals surface area contributed by atoms with Crippen molar-refractivity contribution in [3.63, 3.8) is 0 Å². The van der Waals surface area contributed by atoms with Gasteiger partial charge in [-0.2, -0.15) is 0 Å². The molecule has 1 aliphatic carbocycles. The molecule has 3 aliphatic rings. The van der Waals surface area contributed by atoms with Gasteiger partial charge in [0.25, 0.3) is 0 Å². The Kier molecular flexibility index (Phi) is 7.37. The molecule has 0 bridgehead atoms. The molecule has 0 aromatic carbocycles. The van der Waals surface area contributed by atoms with Crippen molar-refractivity contribution in [2.45, 2.75) is 60.5 Å². The van der Waals surface area contributed by atoms with E-state index in [1.165, 1.54) is 6.92 Å². The van der Waals surface area contributed by atoms with E-state index in [0.29, 0.717) is 29.2 Å². The van der Waals surface area contributed by atoms with Crippen LogP contribution in [0.1, 0.15) is 54.9 Å². The zero-order chi connectivity index (χ0) is 25.4. The minimum absolute atomic E-state index is 0.00180. The van der Waals surface area contributed by atoms with Crippen molar-refractivity contribution >= 4 is 29.1 Å². The highest BCUT2D eigenvalue weighted by atomic mass is 35.5. The smallest absolute Gasteiger partial charge is 0.343 e. The van der Waals surface area contributed by atoms with E-state index in [1.54, 1.807) is 19.9 Å². The molecule has 2 heterocycles. The second-order valence-electron chi connectivity index (χ2n) is 9.32. The molecule has 5 nitrogen and oxygen atoms in total. The van der Waals surface area contributed by atoms with Gasteiger partial charge in [-0.25, -0.2) is 4.79 Å². The summed E-state index contributed by atoms with van der Waals surface area (Å²) in [5.74, 6) is -1.38. The van der Waals surface area contributed by atoms with Gasteiger partial charge < -0.3 is 9.64 Å². The zero-order valence-corrected chi connectivity index (χ0v) is 21.7. The average molecular weight is 482 g/mol. The van der Waals surface area contributed by atoms with Gasteiger partial charge in [-0.1, -0.05) is 55.7 Å². The van der Waals surface area contributed by atoms with Crippen LogP contribution in [0.5, 0.6) is 0 Å². The molecule has 0 unspecified atom stereocenters. The molecule has 0 aromatic rings. The molecule has 180 valence electrons. The van der Waals surface area contributed by atoms with Gasteiger partial charge >= 0.3 is 5.97 Å². The Morgan fingerprint density at radius 1 is 1.26 bits per heavy atom. The number of hydrogen-bond acceptors (Lipinski definition) is 5. The van der Waals surface area contributed by atoms with Crippen molar-refractivity contribution in [1.82, 2.24) is 4.90 Å². The van der Waals surface area contributed by atoms with Crippen LogP contribution in [-0.2, 0) is 19.1 Å². The summed E-state index contributed by atoms with van der Waals surface area (Å²) in [7, 11) is 0. The number of hydrogen-bond donors (Lipinski definition) is 0. The molecule has 0 N–H and O–H groups in total. The van der Waals surface area contributed by atoms with Crippen molar-refractivity contribution in [2.24, 2.45) is 5.92 Å². The topological polar surface area (TPSA) is 63.7 Å². The number of carbonyl (C=O) groups excluding carboxylic acids is 3. The van der Waals surface area contributed by atoms with Crippen LogP contribution in [0.3, 0.4) is 0 Å². The van der Waals surface area contributed by atoms with Crippen molar-refractivity contribution < 1.29 is 19.1 Å². The molecular formula is C28H32ClNO4. The van der Waals surface area contributed by atoms with Gasteiger partial charge in [0.1, 0.15) is 5.57 Å². The minimum Gasteiger partial charge on any atom is -0.442 e. The average Bonchev–Trinajstić information content (AvgIpc) is 3.09. The van der Waals surface area contributed by atoms with Gasteiger partial charge in [0.05, 0.1) is 5.03 Å². The molecule has 0 saturated carbocycles. The first-order valence-corrected chi connectivity index (χ1v) is 12.0. The summed E-state index contributed by atoms with van der Waals surface area (Å²) in [4.78, 5) is 41.4. The van der Waals surface area contributed by atoms with Crippen LogP contribution < -0.4 is 0 Å². The summed E-state index contributed by atoms with van der Waals surface area (Å²) in [5.41, 5.74) is 2.04. The molecule has 0 aromatic heterocycles. The number of rotatable bonds is 7. The lowest BCUT2D eigenvalue weighted by molar-refractivity contribution is -0.153. The van der Waals surface area contributed by atoms with E-state index in [-0.39, 0.29) is 16.2 Å². The Bertz CT molecular complexity index is 1170. The van der Waals surface area contributed by atoms with Crippen LogP contribution in [0, 0.1) is 5.92 Å². The minimum atomic E-state index is -1.64. The molecule has 0 fully saturated rings. The van der Waals surface area contributed by atoms with Crippen LogP contribution >= 0.6 is 11.6 Å². The highest BCUT2D eigenvalue weighted by Crippen LogP contribution is 2.50. The number of allylic oxidation sites excluding steroid dienone is 7. The number of halogens is 1. The summed E-state index contributed by atoms with van der Waals surface area (Å²) in [6.07, 6.45) is 12.6. The summed E-state index contributed by atoms with van der Waals surface area (Å²) in [6.45, 7) is 13.8. The Labute approximate surface area is 206 Å². The Hall–Kier alpha value is -2.92. The van der Waals surface area contributed by atoms with Gasteiger partial charge in [0.15, 0.2) is 11.4 Å². The van der Waals surface area contributed by atoms with E-state index in [0.717, 1.165) is 17.7 Å². The van der Waals surface area contributed by atoms with Gasteiger partial charge in [-0.15, -0.1) is 0 Å². The van der Waals surface area contributed by atoms with Crippen molar-refractivity contribution in [2.75, 3.05) is 6.54 Å². The Balaban J connectivity index is 2.29. The van der Waals surface area contributed by atoms with E-state index in [4.69, 9.17) is 16.3 Å². The summed E-state index contributed by atoms with van der Waals surface area (Å²) in [5, 5.41) is -0.00180. The maximum atomic E-state index is 13.3. The highest BCUT2D eigenvalue weighted by Gasteiger charge is 2.57. The third-order valence-electron chi connectivity index (χ3n) is 6.52. The number of nitrogens with zero attached hydrogens (tertiary/aromatic N) is 1. The lowest BCUT2D eigenvalue weighted by atomic mass is 9.74. The molecular weight excluding hydrogens is 450 g/mol. The maximum absolute atomic E-state index is 13.3. The molecule has 3 rings (SSSR count). The molecule has 0 amide bonds. The molecule has 0 spiro atoms. The van der Waals surface area contributed by atoms with Crippen molar-refractivity contribution in [1.29, 1.82) is 0 Å². The Morgan fingerprint density at radius 2 is 1.94 bits per heavy atom. The number of ether oxygens (including phenoxy) is 1. The second kappa shape index (κ2) is 9.75. The fourth-order valence-corrected chi connectivity index (χ4v) is 4.35. The molecule has 0 radical (unpaired) electrons. The van der Waals surface area contributed by atoms with Crippen LogP contribution in [0.4, 0.5) is 0 Å². The third kappa shape index (κ3) is 4.41. The molecule has 0 saturated heterocycles. The lowest BCUT2D eigenvalue weighted by Crippen LogP contribution is -2.43.